The quantitative estimate of drug-likeness (QED) is 0.346. The van der Waals surface area contributed by atoms with Gasteiger partial charge in [0.2, 0.25) is 6.29 Å². The van der Waals surface area contributed by atoms with E-state index in [1.165, 1.54) is 0 Å². The van der Waals surface area contributed by atoms with Crippen molar-refractivity contribution in [2.24, 2.45) is 0 Å². The van der Waals surface area contributed by atoms with Crippen LogP contribution >= 0.6 is 0 Å². The van der Waals surface area contributed by atoms with Gasteiger partial charge >= 0.3 is 0 Å². The molecule has 0 saturated carbocycles. The topological polar surface area (TPSA) is 117 Å². The lowest BCUT2D eigenvalue weighted by Gasteiger charge is -2.39. The van der Waals surface area contributed by atoms with Crippen LogP contribution in [0, 0.1) is 0 Å². The number of fused-ring (bicyclic) bond motifs is 1. The number of para-hydroxylation sites is 1. The molecule has 0 spiro atoms. The van der Waals surface area contributed by atoms with Crippen molar-refractivity contribution in [3.63, 3.8) is 0 Å². The summed E-state index contributed by atoms with van der Waals surface area (Å²) >= 11 is 0. The zero-order chi connectivity index (χ0) is 23.7. The molecule has 1 aromatic heterocycles. The van der Waals surface area contributed by atoms with Crippen LogP contribution in [-0.4, -0.2) is 67.3 Å². The van der Waals surface area contributed by atoms with Gasteiger partial charge in [-0.05, 0) is 28.8 Å². The average Bonchev–Trinajstić information content (AvgIpc) is 3.29. The standard InChI is InChI=1S/C26H26N2O6/c29-14-21-23(30)24(31)25(32)26(34-21)33-20-8-4-7-19-22(20)28(15-27-19)13-16-9-11-18(12-10-16)17-5-2-1-3-6-17/h1-12,15,21,23-26,29-32H,13-14H2/t21-,23-,24+,25-,26?/m0/s1. The second kappa shape index (κ2) is 9.54. The van der Waals surface area contributed by atoms with Crippen molar-refractivity contribution in [1.82, 2.24) is 9.55 Å². The van der Waals surface area contributed by atoms with E-state index in [4.69, 9.17) is 9.47 Å². The van der Waals surface area contributed by atoms with E-state index in [1.54, 1.807) is 18.5 Å². The maximum Gasteiger partial charge on any atom is 0.229 e. The Kier molecular flexibility index (Phi) is 6.32. The molecule has 0 aliphatic carbocycles. The normalized spacial score (nSPS) is 24.9. The van der Waals surface area contributed by atoms with E-state index < -0.39 is 37.3 Å². The van der Waals surface area contributed by atoms with Gasteiger partial charge in [-0.15, -0.1) is 0 Å². The van der Waals surface area contributed by atoms with Gasteiger partial charge in [-0.1, -0.05) is 60.7 Å². The van der Waals surface area contributed by atoms with E-state index in [1.807, 2.05) is 28.8 Å². The fourth-order valence-corrected chi connectivity index (χ4v) is 4.23. The summed E-state index contributed by atoms with van der Waals surface area (Å²) < 4.78 is 13.4. The molecule has 5 atom stereocenters. The van der Waals surface area contributed by atoms with Gasteiger partial charge in [0, 0.05) is 6.54 Å². The van der Waals surface area contributed by atoms with Crippen LogP contribution in [0.5, 0.6) is 5.75 Å². The van der Waals surface area contributed by atoms with Gasteiger partial charge < -0.3 is 34.5 Å². The number of imidazole rings is 1. The van der Waals surface area contributed by atoms with E-state index in [9.17, 15) is 20.4 Å². The second-order valence-electron chi connectivity index (χ2n) is 8.37. The summed E-state index contributed by atoms with van der Waals surface area (Å²) in [5, 5.41) is 39.9. The Bertz CT molecular complexity index is 1240. The molecule has 176 valence electrons. The molecule has 0 radical (unpaired) electrons. The highest BCUT2D eigenvalue weighted by Gasteiger charge is 2.44. The van der Waals surface area contributed by atoms with Crippen molar-refractivity contribution in [2.45, 2.75) is 37.3 Å². The molecule has 4 aromatic rings. The highest BCUT2D eigenvalue weighted by atomic mass is 16.7. The molecule has 8 nitrogen and oxygen atoms in total. The Balaban J connectivity index is 1.40. The molecule has 1 fully saturated rings. The maximum atomic E-state index is 10.4. The third-order valence-electron chi connectivity index (χ3n) is 6.11. The van der Waals surface area contributed by atoms with Crippen LogP contribution in [-0.2, 0) is 11.3 Å². The minimum Gasteiger partial charge on any atom is -0.460 e. The van der Waals surface area contributed by atoms with Gasteiger partial charge in [0.25, 0.3) is 0 Å². The van der Waals surface area contributed by atoms with Crippen LogP contribution in [0.4, 0.5) is 0 Å². The minimum absolute atomic E-state index is 0.403. The van der Waals surface area contributed by atoms with Crippen molar-refractivity contribution in [3.05, 3.63) is 84.7 Å². The highest BCUT2D eigenvalue weighted by molar-refractivity contribution is 5.82. The summed E-state index contributed by atoms with van der Waals surface area (Å²) in [6.45, 7) is 0.0204. The predicted octanol–water partition coefficient (Wildman–Crippen LogP) is 1.93. The number of hydrogen-bond donors (Lipinski definition) is 4. The van der Waals surface area contributed by atoms with Crippen LogP contribution in [0.25, 0.3) is 22.2 Å². The van der Waals surface area contributed by atoms with E-state index in [-0.39, 0.29) is 0 Å². The number of nitrogens with zero attached hydrogens (tertiary/aromatic N) is 2. The molecule has 34 heavy (non-hydrogen) atoms. The minimum atomic E-state index is -1.51. The number of aromatic nitrogens is 2. The lowest BCUT2D eigenvalue weighted by atomic mass is 9.99. The van der Waals surface area contributed by atoms with Crippen molar-refractivity contribution >= 4 is 11.0 Å². The number of rotatable bonds is 6. The molecule has 2 heterocycles. The summed E-state index contributed by atoms with van der Waals surface area (Å²) in [6, 6.07) is 23.8. The molecule has 8 heteroatoms. The maximum absolute atomic E-state index is 10.4. The summed E-state index contributed by atoms with van der Waals surface area (Å²) in [5.41, 5.74) is 4.75. The van der Waals surface area contributed by atoms with Gasteiger partial charge in [0.15, 0.2) is 0 Å². The number of benzene rings is 3. The molecular formula is C26H26N2O6. The lowest BCUT2D eigenvalue weighted by Crippen LogP contribution is -2.60. The Labute approximate surface area is 196 Å². The number of aliphatic hydroxyl groups is 4. The highest BCUT2D eigenvalue weighted by Crippen LogP contribution is 2.30. The summed E-state index contributed by atoms with van der Waals surface area (Å²) in [7, 11) is 0. The smallest absolute Gasteiger partial charge is 0.229 e. The third-order valence-corrected chi connectivity index (χ3v) is 6.11. The van der Waals surface area contributed by atoms with Gasteiger partial charge in [-0.2, -0.15) is 0 Å². The van der Waals surface area contributed by atoms with Gasteiger partial charge in [-0.25, -0.2) is 4.98 Å². The van der Waals surface area contributed by atoms with Crippen molar-refractivity contribution in [2.75, 3.05) is 6.61 Å². The second-order valence-corrected chi connectivity index (χ2v) is 8.37. The zero-order valence-corrected chi connectivity index (χ0v) is 18.3. The van der Waals surface area contributed by atoms with Crippen molar-refractivity contribution in [3.8, 4) is 16.9 Å². The first-order valence-electron chi connectivity index (χ1n) is 11.1. The first kappa shape index (κ1) is 22.5. The van der Waals surface area contributed by atoms with Crippen LogP contribution in [0.1, 0.15) is 5.56 Å². The number of hydrogen-bond acceptors (Lipinski definition) is 7. The zero-order valence-electron chi connectivity index (χ0n) is 18.3. The van der Waals surface area contributed by atoms with E-state index in [2.05, 4.69) is 41.4 Å². The fourth-order valence-electron chi connectivity index (χ4n) is 4.23. The van der Waals surface area contributed by atoms with Crippen LogP contribution in [0.3, 0.4) is 0 Å². The predicted molar refractivity (Wildman–Crippen MR) is 125 cm³/mol. The molecule has 1 aliphatic rings. The summed E-state index contributed by atoms with van der Waals surface area (Å²) in [4.78, 5) is 4.46. The van der Waals surface area contributed by atoms with Crippen LogP contribution in [0.15, 0.2) is 79.1 Å². The molecule has 0 bridgehead atoms. The van der Waals surface area contributed by atoms with E-state index in [0.717, 1.165) is 16.7 Å². The average molecular weight is 463 g/mol. The lowest BCUT2D eigenvalue weighted by molar-refractivity contribution is -0.277. The first-order chi connectivity index (χ1) is 16.5. The summed E-state index contributed by atoms with van der Waals surface area (Å²) in [6.07, 6.45) is -5.04. The van der Waals surface area contributed by atoms with Crippen molar-refractivity contribution < 1.29 is 29.9 Å². The Hall–Kier alpha value is -3.27. The van der Waals surface area contributed by atoms with Gasteiger partial charge in [0.1, 0.15) is 35.7 Å². The Morgan fingerprint density at radius 3 is 2.29 bits per heavy atom. The Morgan fingerprint density at radius 1 is 0.824 bits per heavy atom. The van der Waals surface area contributed by atoms with Gasteiger partial charge in [-0.3, -0.25) is 0 Å². The van der Waals surface area contributed by atoms with E-state index in [0.29, 0.717) is 23.3 Å². The number of ether oxygens (including phenoxy) is 2. The molecule has 1 aliphatic heterocycles. The SMILES string of the molecule is OC[C@@H]1OC(Oc2cccc3ncn(Cc4ccc(-c5ccccc5)cc4)c23)[C@@H](O)[C@H](O)[C@H]1O. The molecular weight excluding hydrogens is 436 g/mol. The molecule has 5 rings (SSSR count). The van der Waals surface area contributed by atoms with Crippen LogP contribution < -0.4 is 4.74 Å². The largest absolute Gasteiger partial charge is 0.460 e. The molecule has 3 aromatic carbocycles. The molecule has 4 N–H and O–H groups in total. The molecule has 0 amide bonds. The third kappa shape index (κ3) is 4.29. The van der Waals surface area contributed by atoms with Crippen LogP contribution in [0.2, 0.25) is 0 Å². The summed E-state index contributed by atoms with van der Waals surface area (Å²) in [5.74, 6) is 0.403. The molecule has 1 saturated heterocycles. The van der Waals surface area contributed by atoms with Gasteiger partial charge in [0.05, 0.1) is 18.5 Å². The van der Waals surface area contributed by atoms with E-state index >= 15 is 0 Å². The first-order valence-corrected chi connectivity index (χ1v) is 11.1. The monoisotopic (exact) mass is 462 g/mol. The van der Waals surface area contributed by atoms with Crippen molar-refractivity contribution in [1.29, 1.82) is 0 Å². The number of aliphatic hydroxyl groups excluding tert-OH is 4. The Morgan fingerprint density at radius 2 is 1.56 bits per heavy atom. The molecule has 1 unspecified atom stereocenters. The fraction of sp³-hybridized carbons (Fsp3) is 0.269.